The second-order valence-corrected chi connectivity index (χ2v) is 9.29. The molecular formula is C28H28N2S. The van der Waals surface area contributed by atoms with E-state index >= 15 is 0 Å². The van der Waals surface area contributed by atoms with E-state index in [9.17, 15) is 0 Å². The van der Waals surface area contributed by atoms with Crippen LogP contribution in [0.5, 0.6) is 0 Å². The quantitative estimate of drug-likeness (QED) is 0.411. The van der Waals surface area contributed by atoms with Crippen molar-refractivity contribution in [3.05, 3.63) is 102 Å². The van der Waals surface area contributed by atoms with Crippen LogP contribution in [0.2, 0.25) is 0 Å². The Hall–Kier alpha value is -2.91. The van der Waals surface area contributed by atoms with Crippen molar-refractivity contribution in [1.82, 2.24) is 0 Å². The predicted octanol–water partition coefficient (Wildman–Crippen LogP) is 7.86. The van der Waals surface area contributed by atoms with Crippen LogP contribution in [-0.4, -0.2) is 12.4 Å². The van der Waals surface area contributed by atoms with Crippen LogP contribution in [0, 0.1) is 0 Å². The van der Waals surface area contributed by atoms with Crippen molar-refractivity contribution in [3.8, 4) is 0 Å². The minimum absolute atomic E-state index is 0.299. The molecule has 0 amide bonds. The third-order valence-corrected chi connectivity index (χ3v) is 7.36. The number of nitrogens with zero attached hydrogens (tertiary/aromatic N) is 2. The average molecular weight is 425 g/mol. The van der Waals surface area contributed by atoms with Crippen LogP contribution in [0.4, 0.5) is 17.1 Å². The lowest BCUT2D eigenvalue weighted by atomic mass is 9.94. The summed E-state index contributed by atoms with van der Waals surface area (Å²) in [5.74, 6) is 0. The number of anilines is 3. The van der Waals surface area contributed by atoms with Crippen molar-refractivity contribution in [2.45, 2.75) is 36.5 Å². The first-order valence-corrected chi connectivity index (χ1v) is 12.0. The Labute approximate surface area is 189 Å². The highest BCUT2D eigenvalue weighted by molar-refractivity contribution is 8.00. The van der Waals surface area contributed by atoms with Gasteiger partial charge in [0.1, 0.15) is 0 Å². The molecule has 0 aliphatic carbocycles. The van der Waals surface area contributed by atoms with Crippen LogP contribution in [0.15, 0.2) is 102 Å². The lowest BCUT2D eigenvalue weighted by Gasteiger charge is -2.34. The Morgan fingerprint density at radius 2 is 1.58 bits per heavy atom. The lowest BCUT2D eigenvalue weighted by Crippen LogP contribution is -2.24. The van der Waals surface area contributed by atoms with Crippen molar-refractivity contribution in [2.24, 2.45) is 0 Å². The molecule has 0 spiro atoms. The number of rotatable bonds is 5. The fourth-order valence-electron chi connectivity index (χ4n) is 4.44. The maximum Gasteiger partial charge on any atom is 0.0988 e. The minimum Gasteiger partial charge on any atom is -0.358 e. The zero-order valence-electron chi connectivity index (χ0n) is 18.2. The van der Waals surface area contributed by atoms with Gasteiger partial charge < -0.3 is 9.80 Å². The molecule has 2 heterocycles. The summed E-state index contributed by atoms with van der Waals surface area (Å²) < 4.78 is 0. The van der Waals surface area contributed by atoms with Gasteiger partial charge >= 0.3 is 0 Å². The van der Waals surface area contributed by atoms with Gasteiger partial charge in [-0.2, -0.15) is 0 Å². The SMILES string of the molecule is CCCCC1=C/C(=C/C2Sc3ccccc3N2C)c2ccccc2N1c1ccccc1. The lowest BCUT2D eigenvalue weighted by molar-refractivity contribution is 0.773. The standard InChI is InChI=1S/C28H28N2S/c1-3-4-12-23-19-21(20-28-29(2)26-17-10-11-18-27(26)31-28)24-15-8-9-16-25(24)30(23)22-13-6-5-7-14-22/h5-11,13-20,28H,3-4,12H2,1-2H3/b21-20-. The summed E-state index contributed by atoms with van der Waals surface area (Å²) in [5, 5.41) is 0.299. The minimum atomic E-state index is 0.299. The number of allylic oxidation sites excluding steroid dienone is 3. The Morgan fingerprint density at radius 3 is 2.35 bits per heavy atom. The van der Waals surface area contributed by atoms with Gasteiger partial charge in [-0.05, 0) is 60.9 Å². The van der Waals surface area contributed by atoms with Gasteiger partial charge in [0.2, 0.25) is 0 Å². The fraction of sp³-hybridized carbons (Fsp3) is 0.214. The smallest absolute Gasteiger partial charge is 0.0988 e. The van der Waals surface area contributed by atoms with Gasteiger partial charge in [0.15, 0.2) is 0 Å². The van der Waals surface area contributed by atoms with Gasteiger partial charge in [-0.25, -0.2) is 0 Å². The largest absolute Gasteiger partial charge is 0.358 e. The normalized spacial score (nSPS) is 18.7. The monoisotopic (exact) mass is 424 g/mol. The molecule has 0 aromatic heterocycles. The molecule has 156 valence electrons. The zero-order valence-corrected chi connectivity index (χ0v) is 19.0. The highest BCUT2D eigenvalue weighted by Gasteiger charge is 2.28. The number of para-hydroxylation sites is 3. The topological polar surface area (TPSA) is 6.48 Å². The van der Waals surface area contributed by atoms with E-state index in [0.717, 1.165) is 6.42 Å². The first kappa shape index (κ1) is 20.0. The first-order chi connectivity index (χ1) is 15.3. The van der Waals surface area contributed by atoms with E-state index < -0.39 is 0 Å². The fourth-order valence-corrected chi connectivity index (χ4v) is 5.68. The number of hydrogen-bond donors (Lipinski definition) is 0. The van der Waals surface area contributed by atoms with Crippen LogP contribution >= 0.6 is 11.8 Å². The van der Waals surface area contributed by atoms with Crippen LogP contribution in [0.3, 0.4) is 0 Å². The van der Waals surface area contributed by atoms with E-state index in [1.54, 1.807) is 0 Å². The number of hydrogen-bond acceptors (Lipinski definition) is 3. The van der Waals surface area contributed by atoms with Gasteiger partial charge in [0.05, 0.1) is 16.7 Å². The summed E-state index contributed by atoms with van der Waals surface area (Å²) in [5.41, 5.74) is 7.83. The van der Waals surface area contributed by atoms with Gasteiger partial charge in [-0.3, -0.25) is 0 Å². The van der Waals surface area contributed by atoms with E-state index in [1.165, 1.54) is 51.6 Å². The van der Waals surface area contributed by atoms with Gasteiger partial charge in [0.25, 0.3) is 0 Å². The molecule has 0 fully saturated rings. The molecule has 31 heavy (non-hydrogen) atoms. The molecule has 0 bridgehead atoms. The third-order valence-electron chi connectivity index (χ3n) is 6.06. The van der Waals surface area contributed by atoms with E-state index in [1.807, 2.05) is 11.8 Å². The number of fused-ring (bicyclic) bond motifs is 2. The molecule has 2 nitrogen and oxygen atoms in total. The maximum absolute atomic E-state index is 2.45. The van der Waals surface area contributed by atoms with E-state index in [0.29, 0.717) is 5.37 Å². The number of likely N-dealkylation sites (N-methyl/N-ethyl adjacent to an activating group) is 1. The summed E-state index contributed by atoms with van der Waals surface area (Å²) in [6.45, 7) is 2.27. The molecule has 0 saturated heterocycles. The molecule has 0 N–H and O–H groups in total. The van der Waals surface area contributed by atoms with Gasteiger partial charge in [-0.15, -0.1) is 0 Å². The van der Waals surface area contributed by atoms with Crippen molar-refractivity contribution in [3.63, 3.8) is 0 Å². The summed E-state index contributed by atoms with van der Waals surface area (Å²) in [6, 6.07) is 28.3. The number of thioether (sulfide) groups is 1. The van der Waals surface area contributed by atoms with Gasteiger partial charge in [-0.1, -0.05) is 73.6 Å². The Kier molecular flexibility index (Phi) is 5.61. The van der Waals surface area contributed by atoms with Crippen molar-refractivity contribution >= 4 is 34.4 Å². The summed E-state index contributed by atoms with van der Waals surface area (Å²) in [4.78, 5) is 6.19. The summed E-state index contributed by atoms with van der Waals surface area (Å²) in [7, 11) is 2.20. The highest BCUT2D eigenvalue weighted by Crippen LogP contribution is 2.46. The summed E-state index contributed by atoms with van der Waals surface area (Å²) in [6.07, 6.45) is 8.32. The molecule has 3 aromatic rings. The van der Waals surface area contributed by atoms with Crippen LogP contribution in [0.1, 0.15) is 31.7 Å². The molecule has 0 radical (unpaired) electrons. The van der Waals surface area contributed by atoms with E-state index in [2.05, 4.69) is 115 Å². The molecule has 0 saturated carbocycles. The zero-order chi connectivity index (χ0) is 21.2. The van der Waals surface area contributed by atoms with Crippen molar-refractivity contribution in [1.29, 1.82) is 0 Å². The second kappa shape index (κ2) is 8.68. The molecule has 3 heteroatoms. The molecule has 2 aliphatic heterocycles. The molecule has 3 aromatic carbocycles. The molecule has 1 unspecified atom stereocenters. The highest BCUT2D eigenvalue weighted by atomic mass is 32.2. The second-order valence-electron chi connectivity index (χ2n) is 8.14. The molecule has 2 aliphatic rings. The van der Waals surface area contributed by atoms with Crippen LogP contribution < -0.4 is 9.80 Å². The van der Waals surface area contributed by atoms with E-state index in [4.69, 9.17) is 0 Å². The Bertz CT molecular complexity index is 1130. The van der Waals surface area contributed by atoms with E-state index in [-0.39, 0.29) is 0 Å². The van der Waals surface area contributed by atoms with Gasteiger partial charge in [0, 0.05) is 28.9 Å². The third kappa shape index (κ3) is 3.79. The average Bonchev–Trinajstić information content (AvgIpc) is 3.13. The molecule has 1 atom stereocenters. The maximum atomic E-state index is 2.45. The molecule has 5 rings (SSSR count). The first-order valence-electron chi connectivity index (χ1n) is 11.1. The predicted molar refractivity (Wildman–Crippen MR) is 135 cm³/mol. The Balaban J connectivity index is 1.59. The van der Waals surface area contributed by atoms with Crippen LogP contribution in [-0.2, 0) is 0 Å². The summed E-state index contributed by atoms with van der Waals surface area (Å²) >= 11 is 1.94. The number of unbranched alkanes of at least 4 members (excludes halogenated alkanes) is 1. The Morgan fingerprint density at radius 1 is 0.871 bits per heavy atom. The molecular weight excluding hydrogens is 396 g/mol. The van der Waals surface area contributed by atoms with Crippen molar-refractivity contribution in [2.75, 3.05) is 16.8 Å². The number of benzene rings is 3. The van der Waals surface area contributed by atoms with Crippen molar-refractivity contribution < 1.29 is 0 Å². The van der Waals surface area contributed by atoms with Crippen LogP contribution in [0.25, 0.3) is 5.57 Å².